The molecule has 0 fully saturated rings. The van der Waals surface area contributed by atoms with Crippen LogP contribution in [0.15, 0.2) is 41.1 Å². The van der Waals surface area contributed by atoms with E-state index in [0.29, 0.717) is 23.2 Å². The van der Waals surface area contributed by atoms with Crippen LogP contribution in [0.4, 0.5) is 5.69 Å². The lowest BCUT2D eigenvalue weighted by atomic mass is 10.1. The summed E-state index contributed by atoms with van der Waals surface area (Å²) in [4.78, 5) is 24.4. The summed E-state index contributed by atoms with van der Waals surface area (Å²) in [6.07, 6.45) is 0.928. The minimum atomic E-state index is -0.559. The summed E-state index contributed by atoms with van der Waals surface area (Å²) in [5.41, 5.74) is 1.38. The van der Waals surface area contributed by atoms with E-state index >= 15 is 0 Å². The summed E-state index contributed by atoms with van der Waals surface area (Å²) >= 11 is 1.44. The number of hydrogen-bond donors (Lipinski definition) is 3. The van der Waals surface area contributed by atoms with Gasteiger partial charge in [0, 0.05) is 11.9 Å². The molecule has 0 radical (unpaired) electrons. The third kappa shape index (κ3) is 4.91. The maximum atomic E-state index is 12.3. The Hall–Kier alpha value is -2.18. The fraction of sp³-hybridized carbons (Fsp3) is 0.294. The fourth-order valence-corrected chi connectivity index (χ4v) is 2.76. The number of carbonyl (C=O) groups excluding carboxylic acids is 2. The number of carbonyl (C=O) groups is 2. The molecular formula is C17H20N2O3S. The molecule has 23 heavy (non-hydrogen) atoms. The highest BCUT2D eigenvalue weighted by atomic mass is 32.1. The van der Waals surface area contributed by atoms with Crippen molar-refractivity contribution < 1.29 is 14.7 Å². The van der Waals surface area contributed by atoms with Gasteiger partial charge in [0.15, 0.2) is 0 Å². The highest BCUT2D eigenvalue weighted by molar-refractivity contribution is 7.08. The number of thiophene rings is 1. The first kappa shape index (κ1) is 17.2. The van der Waals surface area contributed by atoms with Gasteiger partial charge in [-0.25, -0.2) is 0 Å². The Kier molecular flexibility index (Phi) is 6.31. The predicted octanol–water partition coefficient (Wildman–Crippen LogP) is 2.89. The summed E-state index contributed by atoms with van der Waals surface area (Å²) in [6, 6.07) is 8.54. The molecule has 0 aliphatic heterocycles. The second kappa shape index (κ2) is 8.45. The first-order chi connectivity index (χ1) is 11.1. The van der Waals surface area contributed by atoms with Crippen LogP contribution in [0.1, 0.15) is 40.5 Å². The molecule has 1 aromatic carbocycles. The number of para-hydroxylation sites is 1. The molecule has 2 amide bonds. The minimum absolute atomic E-state index is 0.194. The quantitative estimate of drug-likeness (QED) is 0.729. The van der Waals surface area contributed by atoms with Crippen LogP contribution in [0, 0.1) is 0 Å². The smallest absolute Gasteiger partial charge is 0.256 e. The number of aliphatic hydroxyl groups excluding tert-OH is 1. The number of benzene rings is 1. The lowest BCUT2D eigenvalue weighted by Crippen LogP contribution is -2.32. The molecule has 0 saturated heterocycles. The normalized spacial score (nSPS) is 11.7. The fourth-order valence-electron chi connectivity index (χ4n) is 2.12. The number of hydrogen-bond acceptors (Lipinski definition) is 4. The second-order valence-corrected chi connectivity index (χ2v) is 5.94. The summed E-state index contributed by atoms with van der Waals surface area (Å²) in [5.74, 6) is -0.570. The number of rotatable bonds is 7. The molecule has 1 unspecified atom stereocenters. The van der Waals surface area contributed by atoms with E-state index in [1.54, 1.807) is 35.7 Å². The average Bonchev–Trinajstić information content (AvgIpc) is 3.08. The van der Waals surface area contributed by atoms with E-state index in [9.17, 15) is 14.7 Å². The van der Waals surface area contributed by atoms with Gasteiger partial charge >= 0.3 is 0 Å². The molecule has 3 N–H and O–H groups in total. The molecule has 2 aromatic rings. The lowest BCUT2D eigenvalue weighted by Gasteiger charge is -2.13. The Morgan fingerprint density at radius 1 is 1.22 bits per heavy atom. The molecule has 6 heteroatoms. The first-order valence-electron chi connectivity index (χ1n) is 7.50. The summed E-state index contributed by atoms with van der Waals surface area (Å²) < 4.78 is 0. The maximum absolute atomic E-state index is 12.3. The molecule has 1 atom stereocenters. The predicted molar refractivity (Wildman–Crippen MR) is 92.0 cm³/mol. The van der Waals surface area contributed by atoms with Crippen LogP contribution in [-0.2, 0) is 0 Å². The summed E-state index contributed by atoms with van der Waals surface area (Å²) in [7, 11) is 0. The zero-order valence-corrected chi connectivity index (χ0v) is 13.7. The van der Waals surface area contributed by atoms with E-state index in [1.165, 1.54) is 11.3 Å². The number of anilines is 1. The Morgan fingerprint density at radius 3 is 2.70 bits per heavy atom. The largest absolute Gasteiger partial charge is 0.391 e. The van der Waals surface area contributed by atoms with Crippen LogP contribution in [0.2, 0.25) is 0 Å². The van der Waals surface area contributed by atoms with E-state index in [-0.39, 0.29) is 18.4 Å². The van der Waals surface area contributed by atoms with Gasteiger partial charge in [0.05, 0.1) is 22.9 Å². The molecule has 122 valence electrons. The SMILES string of the molecule is CCCC(O)CNC(=O)c1ccccc1NC(=O)c1ccsc1. The first-order valence-corrected chi connectivity index (χ1v) is 8.45. The van der Waals surface area contributed by atoms with Crippen molar-refractivity contribution in [3.05, 3.63) is 52.2 Å². The minimum Gasteiger partial charge on any atom is -0.391 e. The van der Waals surface area contributed by atoms with E-state index in [4.69, 9.17) is 0 Å². The van der Waals surface area contributed by atoms with Crippen LogP contribution >= 0.6 is 11.3 Å². The standard InChI is InChI=1S/C17H20N2O3S/c1-2-5-13(20)10-18-17(22)14-6-3-4-7-15(14)19-16(21)12-8-9-23-11-12/h3-4,6-9,11,13,20H,2,5,10H2,1H3,(H,18,22)(H,19,21). The van der Waals surface area contributed by atoms with Gasteiger partial charge in [-0.2, -0.15) is 11.3 Å². The van der Waals surface area contributed by atoms with Gasteiger partial charge in [-0.1, -0.05) is 25.5 Å². The van der Waals surface area contributed by atoms with Crippen LogP contribution in [-0.4, -0.2) is 29.6 Å². The van der Waals surface area contributed by atoms with Gasteiger partial charge in [0.2, 0.25) is 0 Å². The Morgan fingerprint density at radius 2 is 2.00 bits per heavy atom. The molecule has 0 bridgehead atoms. The van der Waals surface area contributed by atoms with Crippen LogP contribution in [0.3, 0.4) is 0 Å². The monoisotopic (exact) mass is 332 g/mol. The van der Waals surface area contributed by atoms with Crippen molar-refractivity contribution in [2.45, 2.75) is 25.9 Å². The molecule has 2 rings (SSSR count). The van der Waals surface area contributed by atoms with E-state index in [2.05, 4.69) is 10.6 Å². The van der Waals surface area contributed by atoms with Crippen molar-refractivity contribution in [3.8, 4) is 0 Å². The number of nitrogens with one attached hydrogen (secondary N) is 2. The van der Waals surface area contributed by atoms with Crippen molar-refractivity contribution in [2.75, 3.05) is 11.9 Å². The van der Waals surface area contributed by atoms with Gasteiger partial charge in [-0.15, -0.1) is 0 Å². The van der Waals surface area contributed by atoms with Gasteiger partial charge < -0.3 is 15.7 Å². The van der Waals surface area contributed by atoms with Gasteiger partial charge in [-0.05, 0) is 30.0 Å². The zero-order chi connectivity index (χ0) is 16.7. The second-order valence-electron chi connectivity index (χ2n) is 5.16. The number of aliphatic hydroxyl groups is 1. The van der Waals surface area contributed by atoms with E-state index in [1.807, 2.05) is 12.3 Å². The van der Waals surface area contributed by atoms with Crippen LogP contribution < -0.4 is 10.6 Å². The lowest BCUT2D eigenvalue weighted by molar-refractivity contribution is 0.0911. The summed E-state index contributed by atoms with van der Waals surface area (Å²) in [5, 5.41) is 18.7. The van der Waals surface area contributed by atoms with E-state index < -0.39 is 6.10 Å². The molecule has 1 heterocycles. The molecular weight excluding hydrogens is 312 g/mol. The Bertz CT molecular complexity index is 656. The highest BCUT2D eigenvalue weighted by Crippen LogP contribution is 2.17. The van der Waals surface area contributed by atoms with Crippen LogP contribution in [0.25, 0.3) is 0 Å². The van der Waals surface area contributed by atoms with Crippen molar-refractivity contribution in [1.29, 1.82) is 0 Å². The van der Waals surface area contributed by atoms with Crippen molar-refractivity contribution in [1.82, 2.24) is 5.32 Å². The zero-order valence-electron chi connectivity index (χ0n) is 12.9. The van der Waals surface area contributed by atoms with Gasteiger partial charge in [0.1, 0.15) is 0 Å². The van der Waals surface area contributed by atoms with Crippen molar-refractivity contribution in [3.63, 3.8) is 0 Å². The molecule has 0 aliphatic rings. The summed E-state index contributed by atoms with van der Waals surface area (Å²) in [6.45, 7) is 2.17. The molecule has 0 aliphatic carbocycles. The molecule has 1 aromatic heterocycles. The average molecular weight is 332 g/mol. The van der Waals surface area contributed by atoms with Crippen molar-refractivity contribution in [2.24, 2.45) is 0 Å². The van der Waals surface area contributed by atoms with Gasteiger partial charge in [0.25, 0.3) is 11.8 Å². The third-order valence-electron chi connectivity index (χ3n) is 3.32. The third-order valence-corrected chi connectivity index (χ3v) is 4.01. The highest BCUT2D eigenvalue weighted by Gasteiger charge is 2.15. The van der Waals surface area contributed by atoms with Crippen LogP contribution in [0.5, 0.6) is 0 Å². The van der Waals surface area contributed by atoms with Crippen molar-refractivity contribution >= 4 is 28.8 Å². The molecule has 0 spiro atoms. The Balaban J connectivity index is 2.05. The maximum Gasteiger partial charge on any atom is 0.256 e. The topological polar surface area (TPSA) is 78.4 Å². The Labute approximate surface area is 139 Å². The van der Waals surface area contributed by atoms with E-state index in [0.717, 1.165) is 6.42 Å². The number of amides is 2. The molecule has 5 nitrogen and oxygen atoms in total. The van der Waals surface area contributed by atoms with Gasteiger partial charge in [-0.3, -0.25) is 9.59 Å². The molecule has 0 saturated carbocycles.